The Bertz CT molecular complexity index is 1220. The first-order chi connectivity index (χ1) is 14.4. The lowest BCUT2D eigenvalue weighted by Crippen LogP contribution is -2.29. The second-order valence-electron chi connectivity index (χ2n) is 8.35. The van der Waals surface area contributed by atoms with Crippen molar-refractivity contribution in [3.63, 3.8) is 0 Å². The number of thiophene rings is 1. The average Bonchev–Trinajstić information content (AvgIpc) is 3.44. The number of carboxylic acid groups (broad SMARTS) is 1. The van der Waals surface area contributed by atoms with Gasteiger partial charge in [-0.15, -0.1) is 11.3 Å². The molecular formula is C22H23N3O4S. The summed E-state index contributed by atoms with van der Waals surface area (Å²) in [5, 5.41) is 16.7. The largest absolute Gasteiger partial charge is 0.478 e. The molecule has 0 amide bonds. The van der Waals surface area contributed by atoms with Crippen molar-refractivity contribution >= 4 is 33.9 Å². The summed E-state index contributed by atoms with van der Waals surface area (Å²) in [6.45, 7) is 5.92. The molecule has 1 saturated heterocycles. The van der Waals surface area contributed by atoms with Crippen LogP contribution in [-0.2, 0) is 16.7 Å². The molecule has 2 aliphatic heterocycles. The van der Waals surface area contributed by atoms with Crippen molar-refractivity contribution < 1.29 is 14.6 Å². The van der Waals surface area contributed by atoms with Crippen LogP contribution in [0.25, 0.3) is 10.9 Å². The predicted octanol–water partition coefficient (Wildman–Crippen LogP) is 3.70. The van der Waals surface area contributed by atoms with Crippen LogP contribution < -0.4 is 10.9 Å². The predicted molar refractivity (Wildman–Crippen MR) is 116 cm³/mol. The van der Waals surface area contributed by atoms with Crippen molar-refractivity contribution in [1.29, 1.82) is 0 Å². The van der Waals surface area contributed by atoms with Gasteiger partial charge >= 0.3 is 5.97 Å². The number of nitrogens with one attached hydrogen (secondary N) is 1. The minimum absolute atomic E-state index is 0.00215. The van der Waals surface area contributed by atoms with Gasteiger partial charge in [-0.05, 0) is 38.3 Å². The monoisotopic (exact) mass is 425 g/mol. The molecule has 2 atom stereocenters. The topological polar surface area (TPSA) is 93.5 Å². The number of rotatable bonds is 4. The van der Waals surface area contributed by atoms with Crippen LogP contribution in [0.5, 0.6) is 0 Å². The van der Waals surface area contributed by atoms with Crippen molar-refractivity contribution in [2.24, 2.45) is 0 Å². The van der Waals surface area contributed by atoms with E-state index >= 15 is 0 Å². The zero-order chi connectivity index (χ0) is 21.0. The SMILES string of the molecule is Cc1cc([C@@H](C)Nc2cscc2C(=O)O)c2nc3n(c(=O)c2c1)CC[C@]31CCOC1. The maximum atomic E-state index is 13.3. The van der Waals surface area contributed by atoms with E-state index in [1.54, 1.807) is 10.8 Å². The van der Waals surface area contributed by atoms with E-state index in [1.807, 2.05) is 30.5 Å². The Hall–Kier alpha value is -2.71. The molecule has 7 nitrogen and oxygen atoms in total. The molecule has 30 heavy (non-hydrogen) atoms. The van der Waals surface area contributed by atoms with Crippen LogP contribution in [0.2, 0.25) is 0 Å². The molecule has 0 bridgehead atoms. The van der Waals surface area contributed by atoms with Crippen LogP contribution in [0.4, 0.5) is 5.69 Å². The van der Waals surface area contributed by atoms with Gasteiger partial charge in [0, 0.05) is 29.5 Å². The number of benzene rings is 1. The van der Waals surface area contributed by atoms with E-state index < -0.39 is 5.97 Å². The molecule has 0 radical (unpaired) electrons. The van der Waals surface area contributed by atoms with E-state index in [1.165, 1.54) is 11.3 Å². The molecule has 4 heterocycles. The van der Waals surface area contributed by atoms with Gasteiger partial charge in [-0.2, -0.15) is 0 Å². The Kier molecular flexibility index (Phi) is 4.44. The number of carboxylic acids is 1. The molecule has 156 valence electrons. The molecular weight excluding hydrogens is 402 g/mol. The first-order valence-electron chi connectivity index (χ1n) is 10.1. The molecule has 2 N–H and O–H groups in total. The summed E-state index contributed by atoms with van der Waals surface area (Å²) in [5.74, 6) is -0.131. The summed E-state index contributed by atoms with van der Waals surface area (Å²) in [5.41, 5.74) is 3.22. The number of nitrogens with zero attached hydrogens (tertiary/aromatic N) is 2. The van der Waals surface area contributed by atoms with Gasteiger partial charge in [-0.3, -0.25) is 9.36 Å². The molecule has 0 saturated carbocycles. The van der Waals surface area contributed by atoms with Crippen LogP contribution in [0.1, 0.15) is 53.1 Å². The normalized spacial score (nSPS) is 21.3. The summed E-state index contributed by atoms with van der Waals surface area (Å²) in [7, 11) is 0. The average molecular weight is 426 g/mol. The first kappa shape index (κ1) is 19.3. The minimum atomic E-state index is -0.961. The van der Waals surface area contributed by atoms with Crippen LogP contribution in [-0.4, -0.2) is 33.8 Å². The number of hydrogen-bond acceptors (Lipinski definition) is 6. The van der Waals surface area contributed by atoms with E-state index in [9.17, 15) is 14.7 Å². The number of hydrogen-bond donors (Lipinski definition) is 2. The molecule has 8 heteroatoms. The van der Waals surface area contributed by atoms with Gasteiger partial charge in [0.1, 0.15) is 5.82 Å². The van der Waals surface area contributed by atoms with Gasteiger partial charge in [0.2, 0.25) is 0 Å². The summed E-state index contributed by atoms with van der Waals surface area (Å²) >= 11 is 1.34. The Morgan fingerprint density at radius 2 is 2.20 bits per heavy atom. The second-order valence-corrected chi connectivity index (χ2v) is 9.09. The molecule has 1 aromatic carbocycles. The zero-order valence-corrected chi connectivity index (χ0v) is 17.7. The van der Waals surface area contributed by atoms with Crippen molar-refractivity contribution in [2.45, 2.75) is 44.7 Å². The summed E-state index contributed by atoms with van der Waals surface area (Å²) in [4.78, 5) is 29.8. The Balaban J connectivity index is 1.65. The van der Waals surface area contributed by atoms with E-state index in [0.29, 0.717) is 36.3 Å². The fourth-order valence-electron chi connectivity index (χ4n) is 4.75. The molecule has 0 aliphatic carbocycles. The lowest BCUT2D eigenvalue weighted by atomic mass is 9.85. The van der Waals surface area contributed by atoms with Gasteiger partial charge in [-0.1, -0.05) is 6.07 Å². The third-order valence-corrected chi connectivity index (χ3v) is 7.10. The molecule has 2 aromatic heterocycles. The lowest BCUT2D eigenvalue weighted by Gasteiger charge is -2.22. The van der Waals surface area contributed by atoms with Crippen molar-refractivity contribution in [3.05, 3.63) is 55.8 Å². The number of anilines is 1. The van der Waals surface area contributed by atoms with E-state index in [2.05, 4.69) is 5.32 Å². The Morgan fingerprint density at radius 1 is 1.37 bits per heavy atom. The fraction of sp³-hybridized carbons (Fsp3) is 0.409. The molecule has 1 spiro atoms. The number of aryl methyl sites for hydroxylation is 1. The van der Waals surface area contributed by atoms with Crippen LogP contribution in [0.15, 0.2) is 27.7 Å². The first-order valence-corrected chi connectivity index (χ1v) is 11.0. The zero-order valence-electron chi connectivity index (χ0n) is 16.9. The minimum Gasteiger partial charge on any atom is -0.478 e. The van der Waals surface area contributed by atoms with E-state index in [-0.39, 0.29) is 22.6 Å². The number of aromatic carboxylic acids is 1. The highest BCUT2D eigenvalue weighted by Crippen LogP contribution is 2.41. The molecule has 2 aliphatic rings. The van der Waals surface area contributed by atoms with E-state index in [0.717, 1.165) is 29.8 Å². The highest BCUT2D eigenvalue weighted by atomic mass is 32.1. The molecule has 3 aromatic rings. The Labute approximate surface area is 177 Å². The fourth-order valence-corrected chi connectivity index (χ4v) is 5.51. The molecule has 5 rings (SSSR count). The Morgan fingerprint density at radius 3 is 2.93 bits per heavy atom. The van der Waals surface area contributed by atoms with Crippen LogP contribution in [0.3, 0.4) is 0 Å². The van der Waals surface area contributed by atoms with Gasteiger partial charge < -0.3 is 15.2 Å². The second kappa shape index (κ2) is 6.92. The molecule has 0 unspecified atom stereocenters. The maximum Gasteiger partial charge on any atom is 0.338 e. The smallest absolute Gasteiger partial charge is 0.338 e. The summed E-state index contributed by atoms with van der Waals surface area (Å²) < 4.78 is 7.49. The van der Waals surface area contributed by atoms with Crippen LogP contribution >= 0.6 is 11.3 Å². The van der Waals surface area contributed by atoms with Crippen LogP contribution in [0, 0.1) is 6.92 Å². The lowest BCUT2D eigenvalue weighted by molar-refractivity contribution is 0.0698. The summed E-state index contributed by atoms with van der Waals surface area (Å²) in [6.07, 6.45) is 1.77. The van der Waals surface area contributed by atoms with Crippen molar-refractivity contribution in [2.75, 3.05) is 18.5 Å². The number of aromatic nitrogens is 2. The van der Waals surface area contributed by atoms with Gasteiger partial charge in [0.15, 0.2) is 0 Å². The van der Waals surface area contributed by atoms with Gasteiger partial charge in [0.25, 0.3) is 5.56 Å². The summed E-state index contributed by atoms with van der Waals surface area (Å²) in [6, 6.07) is 3.72. The third kappa shape index (κ3) is 2.86. The van der Waals surface area contributed by atoms with Gasteiger partial charge in [0.05, 0.1) is 40.2 Å². The number of fused-ring (bicyclic) bond motifs is 3. The standard InChI is InChI=1S/C22H23N3O4S/c1-12-7-14(13(2)23-17-10-30-9-16(17)20(27)28)18-15(8-12)19(26)25-5-3-22(21(25)24-18)4-6-29-11-22/h7-10,13,23H,3-6,11H2,1-2H3,(H,27,28)/t13-,22-/m1/s1. The molecule has 1 fully saturated rings. The van der Waals surface area contributed by atoms with Crippen molar-refractivity contribution in [1.82, 2.24) is 9.55 Å². The van der Waals surface area contributed by atoms with Gasteiger partial charge in [-0.25, -0.2) is 9.78 Å². The third-order valence-electron chi connectivity index (χ3n) is 6.36. The van der Waals surface area contributed by atoms with Crippen molar-refractivity contribution in [3.8, 4) is 0 Å². The van der Waals surface area contributed by atoms with E-state index in [4.69, 9.17) is 9.72 Å². The quantitative estimate of drug-likeness (QED) is 0.662. The number of ether oxygens (including phenoxy) is 1. The number of carbonyl (C=O) groups is 1. The highest BCUT2D eigenvalue weighted by molar-refractivity contribution is 7.08. The maximum absolute atomic E-state index is 13.3. The highest BCUT2D eigenvalue weighted by Gasteiger charge is 2.44.